The molecule has 0 unspecified atom stereocenters. The van der Waals surface area contributed by atoms with Crippen molar-refractivity contribution in [2.75, 3.05) is 14.2 Å². The van der Waals surface area contributed by atoms with E-state index >= 15 is 0 Å². The molecule has 0 saturated heterocycles. The summed E-state index contributed by atoms with van der Waals surface area (Å²) in [5.74, 6) is 1.06. The Kier molecular flexibility index (Phi) is 7.60. The Hall–Kier alpha value is -3.94. The maximum absolute atomic E-state index is 11.2. The first-order chi connectivity index (χ1) is 17.1. The Balaban J connectivity index is 1.94. The summed E-state index contributed by atoms with van der Waals surface area (Å²) >= 11 is 0. The lowest BCUT2D eigenvalue weighted by molar-refractivity contribution is 0.249. The Morgan fingerprint density at radius 2 is 1.20 bits per heavy atom. The van der Waals surface area contributed by atoms with E-state index in [0.29, 0.717) is 28.0 Å². The van der Waals surface area contributed by atoms with Crippen molar-refractivity contribution in [2.45, 2.75) is 26.4 Å². The summed E-state index contributed by atoms with van der Waals surface area (Å²) in [6.45, 7) is -0.492. The molecule has 0 atom stereocenters. The van der Waals surface area contributed by atoms with E-state index in [1.54, 1.807) is 6.07 Å². The molecule has 182 valence electrons. The third-order valence-electron chi connectivity index (χ3n) is 5.80. The van der Waals surface area contributed by atoms with Crippen molar-refractivity contribution in [2.24, 2.45) is 0 Å². The first kappa shape index (κ1) is 24.2. The molecule has 0 aliphatic carbocycles. The van der Waals surface area contributed by atoms with E-state index in [1.165, 1.54) is 14.2 Å². The Labute approximate surface area is 203 Å². The number of methoxy groups -OCH3 is 2. The average molecular weight is 477 g/mol. The fourth-order valence-electron chi connectivity index (χ4n) is 4.09. The average Bonchev–Trinajstić information content (AvgIpc) is 2.91. The van der Waals surface area contributed by atoms with Gasteiger partial charge in [0.2, 0.25) is 0 Å². The zero-order chi connectivity index (χ0) is 24.8. The largest absolute Gasteiger partial charge is 0.507 e. The Morgan fingerprint density at radius 3 is 1.71 bits per heavy atom. The number of aliphatic hydroxyl groups is 2. The topological polar surface area (TPSA) is 97.6 Å². The van der Waals surface area contributed by atoms with Gasteiger partial charge in [0.25, 0.3) is 0 Å². The number of benzene rings is 4. The lowest BCUT2D eigenvalue weighted by Crippen LogP contribution is -2.06. The van der Waals surface area contributed by atoms with Gasteiger partial charge in [-0.05, 0) is 11.1 Å². The summed E-state index contributed by atoms with van der Waals surface area (Å²) in [7, 11) is 2.97. The fraction of sp³-hybridized carbons (Fsp3) is 0.214. The molecule has 0 radical (unpaired) electrons. The lowest BCUT2D eigenvalue weighted by Gasteiger charge is -2.23. The van der Waals surface area contributed by atoms with Crippen molar-refractivity contribution in [3.63, 3.8) is 0 Å². The number of ether oxygens (including phenoxy) is 4. The number of hydrogen-bond acceptors (Lipinski definition) is 7. The van der Waals surface area contributed by atoms with Crippen LogP contribution in [0.3, 0.4) is 0 Å². The molecule has 7 nitrogen and oxygen atoms in total. The molecule has 4 rings (SSSR count). The van der Waals surface area contributed by atoms with E-state index in [4.69, 9.17) is 18.9 Å². The molecule has 0 aromatic heterocycles. The van der Waals surface area contributed by atoms with Gasteiger partial charge in [0.1, 0.15) is 30.5 Å². The molecule has 0 spiro atoms. The van der Waals surface area contributed by atoms with Gasteiger partial charge >= 0.3 is 0 Å². The van der Waals surface area contributed by atoms with E-state index in [-0.39, 0.29) is 35.8 Å². The van der Waals surface area contributed by atoms with Crippen LogP contribution in [-0.4, -0.2) is 29.5 Å². The van der Waals surface area contributed by atoms with Crippen molar-refractivity contribution >= 4 is 10.8 Å². The SMILES string of the molecule is COc1cc(OCc2ccccc2)c2c(O)c(CO)c(CO)c(OC)c2c1OCc1ccccc1. The highest BCUT2D eigenvalue weighted by Gasteiger charge is 2.27. The molecular formula is C28H28O7. The summed E-state index contributed by atoms with van der Waals surface area (Å²) in [5, 5.41) is 32.0. The first-order valence-corrected chi connectivity index (χ1v) is 11.1. The number of rotatable bonds is 10. The highest BCUT2D eigenvalue weighted by molar-refractivity contribution is 6.05. The quantitative estimate of drug-likeness (QED) is 0.305. The number of hydrogen-bond donors (Lipinski definition) is 3. The molecule has 4 aromatic rings. The minimum absolute atomic E-state index is 0.153. The van der Waals surface area contributed by atoms with Crippen LogP contribution >= 0.6 is 0 Å². The molecule has 0 heterocycles. The van der Waals surface area contributed by atoms with Crippen molar-refractivity contribution in [3.8, 4) is 28.7 Å². The van der Waals surface area contributed by atoms with Crippen molar-refractivity contribution < 1.29 is 34.3 Å². The standard InChI is InChI=1S/C28H28O7/c1-32-23-13-22(34-16-18-9-5-3-6-10-18)24-25(28(23)35-17-19-11-7-4-8-12-19)27(33-2)21(15-30)20(14-29)26(24)31/h3-13,29-31H,14-17H2,1-2H3. The maximum atomic E-state index is 11.2. The highest BCUT2D eigenvalue weighted by Crippen LogP contribution is 2.52. The molecule has 0 aliphatic rings. The second-order valence-corrected chi connectivity index (χ2v) is 7.86. The van der Waals surface area contributed by atoms with Crippen LogP contribution in [0.5, 0.6) is 28.7 Å². The summed E-state index contributed by atoms with van der Waals surface area (Å²) in [5.41, 5.74) is 2.28. The third kappa shape index (κ3) is 4.82. The van der Waals surface area contributed by atoms with E-state index in [0.717, 1.165) is 11.1 Å². The monoisotopic (exact) mass is 476 g/mol. The summed E-state index contributed by atoms with van der Waals surface area (Å²) in [4.78, 5) is 0. The molecule has 7 heteroatoms. The zero-order valence-corrected chi connectivity index (χ0v) is 19.7. The molecule has 35 heavy (non-hydrogen) atoms. The smallest absolute Gasteiger partial charge is 0.173 e. The molecule has 0 aliphatic heterocycles. The van der Waals surface area contributed by atoms with Crippen LogP contribution in [0.25, 0.3) is 10.8 Å². The summed E-state index contributed by atoms with van der Waals surface area (Å²) < 4.78 is 23.7. The van der Waals surface area contributed by atoms with Crippen LogP contribution in [0.4, 0.5) is 0 Å². The van der Waals surface area contributed by atoms with Gasteiger partial charge < -0.3 is 34.3 Å². The molecule has 0 fully saturated rings. The van der Waals surface area contributed by atoms with Gasteiger partial charge in [-0.2, -0.15) is 0 Å². The Morgan fingerprint density at radius 1 is 0.629 bits per heavy atom. The molecule has 0 saturated carbocycles. The summed E-state index contributed by atoms with van der Waals surface area (Å²) in [6.07, 6.45) is 0. The van der Waals surface area contributed by atoms with E-state index in [2.05, 4.69) is 0 Å². The summed E-state index contributed by atoms with van der Waals surface area (Å²) in [6, 6.07) is 20.9. The number of fused-ring (bicyclic) bond motifs is 1. The minimum Gasteiger partial charge on any atom is -0.507 e. The Bertz CT molecular complexity index is 1290. The number of phenols is 1. The van der Waals surface area contributed by atoms with Crippen LogP contribution in [0.15, 0.2) is 66.7 Å². The van der Waals surface area contributed by atoms with Crippen molar-refractivity contribution in [1.82, 2.24) is 0 Å². The number of aliphatic hydroxyl groups excluding tert-OH is 2. The van der Waals surface area contributed by atoms with Gasteiger partial charge in [0.15, 0.2) is 11.5 Å². The van der Waals surface area contributed by atoms with Crippen LogP contribution < -0.4 is 18.9 Å². The van der Waals surface area contributed by atoms with E-state index in [1.807, 2.05) is 60.7 Å². The van der Waals surface area contributed by atoms with E-state index in [9.17, 15) is 15.3 Å². The van der Waals surface area contributed by atoms with Crippen LogP contribution in [0.1, 0.15) is 22.3 Å². The third-order valence-corrected chi connectivity index (χ3v) is 5.80. The van der Waals surface area contributed by atoms with Gasteiger partial charge in [0.05, 0.1) is 38.2 Å². The molecule has 0 amide bonds. The van der Waals surface area contributed by atoms with Gasteiger partial charge in [0, 0.05) is 17.2 Å². The molecular weight excluding hydrogens is 448 g/mol. The van der Waals surface area contributed by atoms with Crippen molar-refractivity contribution in [1.29, 1.82) is 0 Å². The second kappa shape index (κ2) is 11.0. The predicted molar refractivity (Wildman–Crippen MR) is 132 cm³/mol. The highest BCUT2D eigenvalue weighted by atomic mass is 16.5. The van der Waals surface area contributed by atoms with Crippen LogP contribution in [0, 0.1) is 0 Å². The van der Waals surface area contributed by atoms with Gasteiger partial charge in [-0.15, -0.1) is 0 Å². The molecule has 0 bridgehead atoms. The minimum atomic E-state index is -0.502. The predicted octanol–water partition coefficient (Wildman–Crippen LogP) is 4.71. The van der Waals surface area contributed by atoms with E-state index < -0.39 is 13.2 Å². The number of aromatic hydroxyl groups is 1. The van der Waals surface area contributed by atoms with Crippen molar-refractivity contribution in [3.05, 3.63) is 89.0 Å². The van der Waals surface area contributed by atoms with Gasteiger partial charge in [-0.1, -0.05) is 60.7 Å². The molecule has 4 aromatic carbocycles. The van der Waals surface area contributed by atoms with Gasteiger partial charge in [-0.3, -0.25) is 0 Å². The van der Waals surface area contributed by atoms with Crippen LogP contribution in [-0.2, 0) is 26.4 Å². The second-order valence-electron chi connectivity index (χ2n) is 7.86. The zero-order valence-electron chi connectivity index (χ0n) is 19.7. The first-order valence-electron chi connectivity index (χ1n) is 11.1. The fourth-order valence-corrected chi connectivity index (χ4v) is 4.09. The maximum Gasteiger partial charge on any atom is 0.173 e. The van der Waals surface area contributed by atoms with Gasteiger partial charge in [-0.25, -0.2) is 0 Å². The normalized spacial score (nSPS) is 10.9. The molecule has 3 N–H and O–H groups in total. The lowest BCUT2D eigenvalue weighted by atomic mass is 9.96. The van der Waals surface area contributed by atoms with Crippen LogP contribution in [0.2, 0.25) is 0 Å².